The summed E-state index contributed by atoms with van der Waals surface area (Å²) in [6, 6.07) is 8.88. The summed E-state index contributed by atoms with van der Waals surface area (Å²) in [5, 5.41) is 11.2. The Kier molecular flexibility index (Phi) is 3.13. The lowest BCUT2D eigenvalue weighted by Crippen LogP contribution is -2.22. The van der Waals surface area contributed by atoms with Crippen molar-refractivity contribution in [2.75, 3.05) is 5.32 Å². The lowest BCUT2D eigenvalue weighted by atomic mass is 10.3. The van der Waals surface area contributed by atoms with E-state index in [4.69, 9.17) is 5.11 Å². The zero-order valence-electron chi connectivity index (χ0n) is 6.27. The van der Waals surface area contributed by atoms with Gasteiger partial charge in [0.15, 0.2) is 5.44 Å². The largest absolute Gasteiger partial charge is 0.373 e. The third-order valence-electron chi connectivity index (χ3n) is 1.28. The van der Waals surface area contributed by atoms with Crippen LogP contribution in [0.25, 0.3) is 0 Å². The van der Waals surface area contributed by atoms with Crippen molar-refractivity contribution in [1.29, 1.82) is 0 Å². The highest BCUT2D eigenvalue weighted by atomic mass is 32.1. The lowest BCUT2D eigenvalue weighted by molar-refractivity contribution is -0.120. The van der Waals surface area contributed by atoms with Crippen LogP contribution in [-0.2, 0) is 4.79 Å². The second-order valence-electron chi connectivity index (χ2n) is 2.23. The van der Waals surface area contributed by atoms with Crippen LogP contribution in [0.1, 0.15) is 0 Å². The summed E-state index contributed by atoms with van der Waals surface area (Å²) in [6.07, 6.45) is 0. The highest BCUT2D eigenvalue weighted by Crippen LogP contribution is 2.05. The summed E-state index contributed by atoms with van der Waals surface area (Å²) >= 11 is 3.57. The molecule has 0 aliphatic carbocycles. The predicted octanol–water partition coefficient (Wildman–Crippen LogP) is 0.873. The third-order valence-corrected chi connectivity index (χ3v) is 1.51. The van der Waals surface area contributed by atoms with Gasteiger partial charge in [-0.1, -0.05) is 18.2 Å². The molecule has 0 heterocycles. The van der Waals surface area contributed by atoms with Gasteiger partial charge in [0.1, 0.15) is 0 Å². The van der Waals surface area contributed by atoms with E-state index >= 15 is 0 Å². The number of benzene rings is 1. The van der Waals surface area contributed by atoms with E-state index in [9.17, 15) is 4.79 Å². The number of carbonyl (C=O) groups is 1. The second kappa shape index (κ2) is 4.13. The van der Waals surface area contributed by atoms with E-state index in [1.165, 1.54) is 0 Å². The van der Waals surface area contributed by atoms with Crippen molar-refractivity contribution < 1.29 is 9.90 Å². The molecule has 0 bridgehead atoms. The highest BCUT2D eigenvalue weighted by Gasteiger charge is 2.08. The van der Waals surface area contributed by atoms with Gasteiger partial charge in [-0.2, -0.15) is 0 Å². The van der Waals surface area contributed by atoms with Gasteiger partial charge in [-0.25, -0.2) is 0 Å². The molecule has 0 saturated heterocycles. The normalized spacial score (nSPS) is 12.2. The van der Waals surface area contributed by atoms with Crippen LogP contribution in [-0.4, -0.2) is 16.4 Å². The first-order valence-electron chi connectivity index (χ1n) is 3.42. The summed E-state index contributed by atoms with van der Waals surface area (Å²) in [5.41, 5.74) is -0.624. The first-order chi connectivity index (χ1) is 5.70. The number of amides is 1. The minimum absolute atomic E-state index is 0.524. The van der Waals surface area contributed by atoms with Crippen molar-refractivity contribution >= 4 is 24.2 Å². The van der Waals surface area contributed by atoms with E-state index in [1.54, 1.807) is 24.3 Å². The smallest absolute Gasteiger partial charge is 0.263 e. The number of carbonyl (C=O) groups excluding carboxylic acids is 1. The van der Waals surface area contributed by atoms with E-state index in [-0.39, 0.29) is 0 Å². The van der Waals surface area contributed by atoms with Gasteiger partial charge in [0, 0.05) is 5.69 Å². The Labute approximate surface area is 75.8 Å². The van der Waals surface area contributed by atoms with Gasteiger partial charge in [0.25, 0.3) is 5.91 Å². The Morgan fingerprint density at radius 2 is 2.00 bits per heavy atom. The molecule has 1 rings (SSSR count). The number of anilines is 1. The van der Waals surface area contributed by atoms with Crippen LogP contribution < -0.4 is 5.32 Å². The lowest BCUT2D eigenvalue weighted by Gasteiger charge is -2.05. The fourth-order valence-corrected chi connectivity index (χ4v) is 0.793. The zero-order chi connectivity index (χ0) is 8.97. The summed E-state index contributed by atoms with van der Waals surface area (Å²) in [5.74, 6) is -0.524. The van der Waals surface area contributed by atoms with E-state index in [2.05, 4.69) is 17.9 Å². The molecule has 1 unspecified atom stereocenters. The van der Waals surface area contributed by atoms with Crippen LogP contribution >= 0.6 is 12.6 Å². The summed E-state index contributed by atoms with van der Waals surface area (Å²) in [4.78, 5) is 10.9. The predicted molar refractivity (Wildman–Crippen MR) is 50.1 cm³/mol. The molecular weight excluding hydrogens is 174 g/mol. The first kappa shape index (κ1) is 9.09. The molecule has 1 atom stereocenters. The Morgan fingerprint density at radius 3 is 2.50 bits per heavy atom. The number of aliphatic hydroxyl groups excluding tert-OH is 1. The van der Waals surface area contributed by atoms with Crippen molar-refractivity contribution in [3.8, 4) is 0 Å². The maximum Gasteiger partial charge on any atom is 0.263 e. The Morgan fingerprint density at radius 1 is 1.42 bits per heavy atom. The maximum absolute atomic E-state index is 10.9. The monoisotopic (exact) mass is 183 g/mol. The molecule has 64 valence electrons. The number of rotatable bonds is 2. The first-order valence-corrected chi connectivity index (χ1v) is 3.94. The minimum Gasteiger partial charge on any atom is -0.373 e. The molecule has 0 radical (unpaired) electrons. The van der Waals surface area contributed by atoms with E-state index in [1.807, 2.05) is 6.07 Å². The second-order valence-corrected chi connectivity index (χ2v) is 2.72. The molecule has 12 heavy (non-hydrogen) atoms. The van der Waals surface area contributed by atoms with Crippen LogP contribution in [0.4, 0.5) is 5.69 Å². The fourth-order valence-electron chi connectivity index (χ4n) is 0.728. The standard InChI is InChI=1S/C8H9NO2S/c10-7(8(11)12)9-6-4-2-1-3-5-6/h1-5,8,11-12H,(H,9,10). The number of hydrogen-bond acceptors (Lipinski definition) is 3. The minimum atomic E-state index is -1.27. The average Bonchev–Trinajstić information content (AvgIpc) is 2.06. The molecule has 0 aliphatic heterocycles. The molecule has 0 saturated carbocycles. The van der Waals surface area contributed by atoms with E-state index in [0.717, 1.165) is 0 Å². The molecule has 0 spiro atoms. The molecule has 0 aliphatic rings. The van der Waals surface area contributed by atoms with Gasteiger partial charge in [-0.05, 0) is 12.1 Å². The quantitative estimate of drug-likeness (QED) is 0.471. The molecule has 0 aromatic heterocycles. The number of aliphatic hydroxyl groups is 1. The van der Waals surface area contributed by atoms with Crippen molar-refractivity contribution in [1.82, 2.24) is 0 Å². The van der Waals surface area contributed by atoms with Crippen molar-refractivity contribution in [3.63, 3.8) is 0 Å². The van der Waals surface area contributed by atoms with Gasteiger partial charge in [-0.15, -0.1) is 12.6 Å². The SMILES string of the molecule is O=C(Nc1ccccc1)C(O)S. The van der Waals surface area contributed by atoms with Crippen LogP contribution in [0.3, 0.4) is 0 Å². The summed E-state index contributed by atoms with van der Waals surface area (Å²) in [6.45, 7) is 0. The zero-order valence-corrected chi connectivity index (χ0v) is 7.16. The number of para-hydroxylation sites is 1. The third kappa shape index (κ3) is 2.56. The molecular formula is C8H9NO2S. The average molecular weight is 183 g/mol. The molecule has 2 N–H and O–H groups in total. The van der Waals surface area contributed by atoms with Gasteiger partial charge < -0.3 is 10.4 Å². The Hall–Kier alpha value is -1.00. The number of nitrogens with one attached hydrogen (secondary N) is 1. The van der Waals surface area contributed by atoms with Crippen LogP contribution in [0.15, 0.2) is 30.3 Å². The van der Waals surface area contributed by atoms with Crippen LogP contribution in [0, 0.1) is 0 Å². The van der Waals surface area contributed by atoms with Crippen molar-refractivity contribution in [3.05, 3.63) is 30.3 Å². The molecule has 1 amide bonds. The maximum atomic E-state index is 10.9. The highest BCUT2D eigenvalue weighted by molar-refractivity contribution is 7.81. The van der Waals surface area contributed by atoms with Gasteiger partial charge >= 0.3 is 0 Å². The topological polar surface area (TPSA) is 49.3 Å². The van der Waals surface area contributed by atoms with Gasteiger partial charge in [0.2, 0.25) is 0 Å². The van der Waals surface area contributed by atoms with Crippen LogP contribution in [0.2, 0.25) is 0 Å². The van der Waals surface area contributed by atoms with Gasteiger partial charge in [0.05, 0.1) is 0 Å². The molecule has 4 heteroatoms. The van der Waals surface area contributed by atoms with Crippen molar-refractivity contribution in [2.24, 2.45) is 0 Å². The van der Waals surface area contributed by atoms with Gasteiger partial charge in [-0.3, -0.25) is 4.79 Å². The molecule has 1 aromatic rings. The van der Waals surface area contributed by atoms with E-state index in [0.29, 0.717) is 5.69 Å². The summed E-state index contributed by atoms with van der Waals surface area (Å²) in [7, 11) is 0. The number of hydrogen-bond donors (Lipinski definition) is 3. The molecule has 0 fully saturated rings. The van der Waals surface area contributed by atoms with Crippen molar-refractivity contribution in [2.45, 2.75) is 5.44 Å². The number of thiol groups is 1. The molecule has 3 nitrogen and oxygen atoms in total. The Bertz CT molecular complexity index is 261. The molecule has 1 aromatic carbocycles. The van der Waals surface area contributed by atoms with E-state index < -0.39 is 11.3 Å². The van der Waals surface area contributed by atoms with Crippen LogP contribution in [0.5, 0.6) is 0 Å². The fraction of sp³-hybridized carbons (Fsp3) is 0.125. The summed E-state index contributed by atoms with van der Waals surface area (Å²) < 4.78 is 0. The Balaban J connectivity index is 2.59.